The van der Waals surface area contributed by atoms with E-state index in [2.05, 4.69) is 26.4 Å². The van der Waals surface area contributed by atoms with Crippen LogP contribution in [-0.2, 0) is 11.2 Å². The number of hydrogen-bond acceptors (Lipinski definition) is 4. The van der Waals surface area contributed by atoms with Crippen molar-refractivity contribution in [1.29, 1.82) is 0 Å². The van der Waals surface area contributed by atoms with E-state index in [1.165, 1.54) is 4.88 Å². The Balaban J connectivity index is 1.82. The predicted molar refractivity (Wildman–Crippen MR) is 73.8 cm³/mol. The Labute approximate surface area is 117 Å². The lowest BCUT2D eigenvalue weighted by atomic mass is 10.1. The van der Waals surface area contributed by atoms with E-state index >= 15 is 0 Å². The number of rotatable bonds is 5. The minimum Gasteiger partial charge on any atom is -0.409 e. The van der Waals surface area contributed by atoms with Crippen molar-refractivity contribution >= 4 is 39.0 Å². The van der Waals surface area contributed by atoms with Gasteiger partial charge in [-0.05, 0) is 47.3 Å². The fraction of sp³-hybridized carbons (Fsp3) is 0.455. The van der Waals surface area contributed by atoms with Crippen LogP contribution >= 0.6 is 27.3 Å². The van der Waals surface area contributed by atoms with Crippen molar-refractivity contribution in [2.75, 3.05) is 6.54 Å². The molecular weight excluding hydrogens is 318 g/mol. The average Bonchev–Trinajstić information content (AvgIpc) is 3.07. The molecule has 1 aromatic rings. The Kier molecular flexibility index (Phi) is 3.91. The molecule has 1 aromatic heterocycles. The number of thiophene rings is 1. The van der Waals surface area contributed by atoms with Gasteiger partial charge in [-0.15, -0.1) is 11.3 Å². The molecule has 2 rings (SSSR count). The van der Waals surface area contributed by atoms with Crippen LogP contribution in [-0.4, -0.2) is 23.5 Å². The molecule has 1 saturated carbocycles. The predicted octanol–water partition coefficient (Wildman–Crippen LogP) is 1.70. The van der Waals surface area contributed by atoms with Crippen molar-refractivity contribution in [3.05, 3.63) is 20.8 Å². The molecule has 1 aliphatic rings. The van der Waals surface area contributed by atoms with E-state index in [9.17, 15) is 4.79 Å². The number of nitrogens with zero attached hydrogens (tertiary/aromatic N) is 1. The summed E-state index contributed by atoms with van der Waals surface area (Å²) in [4.78, 5) is 13.1. The minimum absolute atomic E-state index is 0.0128. The van der Waals surface area contributed by atoms with E-state index in [1.807, 2.05) is 12.1 Å². The SMILES string of the molecule is N/C(=N/O)C1(C(=O)NCCc2ccc(Br)s2)CC1. The van der Waals surface area contributed by atoms with Crippen molar-refractivity contribution in [2.45, 2.75) is 19.3 Å². The number of halogens is 1. The zero-order valence-corrected chi connectivity index (χ0v) is 12.1. The first-order valence-corrected chi connectivity index (χ1v) is 7.20. The molecule has 1 heterocycles. The second-order valence-corrected chi connectivity index (χ2v) is 6.83. The first-order valence-electron chi connectivity index (χ1n) is 5.59. The molecule has 1 fully saturated rings. The Morgan fingerprint density at radius 3 is 2.83 bits per heavy atom. The number of nitrogens with one attached hydrogen (secondary N) is 1. The highest BCUT2D eigenvalue weighted by Gasteiger charge is 2.54. The Morgan fingerprint density at radius 1 is 1.61 bits per heavy atom. The van der Waals surface area contributed by atoms with Crippen LogP contribution in [0.15, 0.2) is 21.1 Å². The lowest BCUT2D eigenvalue weighted by molar-refractivity contribution is -0.124. The molecule has 98 valence electrons. The van der Waals surface area contributed by atoms with Gasteiger partial charge in [0.15, 0.2) is 5.84 Å². The third-order valence-corrected chi connectivity index (χ3v) is 4.75. The molecule has 0 radical (unpaired) electrons. The summed E-state index contributed by atoms with van der Waals surface area (Å²) in [7, 11) is 0. The van der Waals surface area contributed by atoms with E-state index in [0.717, 1.165) is 10.2 Å². The number of nitrogens with two attached hydrogens (primary N) is 1. The summed E-state index contributed by atoms with van der Waals surface area (Å²) in [6.45, 7) is 0.562. The van der Waals surface area contributed by atoms with Crippen molar-refractivity contribution in [3.63, 3.8) is 0 Å². The molecular formula is C11H14BrN3O2S. The highest BCUT2D eigenvalue weighted by atomic mass is 79.9. The zero-order chi connectivity index (χ0) is 13.2. The van der Waals surface area contributed by atoms with Crippen LogP contribution in [0.3, 0.4) is 0 Å². The monoisotopic (exact) mass is 331 g/mol. The molecule has 0 aromatic carbocycles. The maximum atomic E-state index is 11.9. The summed E-state index contributed by atoms with van der Waals surface area (Å²) in [6.07, 6.45) is 2.09. The van der Waals surface area contributed by atoms with E-state index in [4.69, 9.17) is 10.9 Å². The average molecular weight is 332 g/mol. The van der Waals surface area contributed by atoms with Crippen molar-refractivity contribution in [2.24, 2.45) is 16.3 Å². The molecule has 1 aliphatic carbocycles. The number of amides is 1. The summed E-state index contributed by atoms with van der Waals surface area (Å²) in [5, 5.41) is 14.4. The van der Waals surface area contributed by atoms with Gasteiger partial charge < -0.3 is 16.3 Å². The van der Waals surface area contributed by atoms with Crippen molar-refractivity contribution in [3.8, 4) is 0 Å². The maximum Gasteiger partial charge on any atom is 0.233 e. The van der Waals surface area contributed by atoms with Crippen LogP contribution < -0.4 is 11.1 Å². The van der Waals surface area contributed by atoms with Gasteiger partial charge in [-0.1, -0.05) is 5.16 Å². The highest BCUT2D eigenvalue weighted by Crippen LogP contribution is 2.45. The molecule has 7 heteroatoms. The smallest absolute Gasteiger partial charge is 0.233 e. The lowest BCUT2D eigenvalue weighted by Gasteiger charge is -2.13. The molecule has 0 spiro atoms. The number of oxime groups is 1. The van der Waals surface area contributed by atoms with Gasteiger partial charge in [0, 0.05) is 11.4 Å². The maximum absolute atomic E-state index is 11.9. The van der Waals surface area contributed by atoms with Crippen LogP contribution in [0.4, 0.5) is 0 Å². The first-order chi connectivity index (χ1) is 8.58. The van der Waals surface area contributed by atoms with E-state index in [1.54, 1.807) is 11.3 Å². The molecule has 0 bridgehead atoms. The topological polar surface area (TPSA) is 87.7 Å². The molecule has 0 atom stereocenters. The molecule has 0 unspecified atom stereocenters. The van der Waals surface area contributed by atoms with Crippen LogP contribution in [0, 0.1) is 5.41 Å². The van der Waals surface area contributed by atoms with E-state index in [0.29, 0.717) is 19.4 Å². The van der Waals surface area contributed by atoms with Gasteiger partial charge in [0.05, 0.1) is 3.79 Å². The summed E-state index contributed by atoms with van der Waals surface area (Å²) >= 11 is 5.04. The number of carbonyl (C=O) groups excluding carboxylic acids is 1. The molecule has 0 aliphatic heterocycles. The van der Waals surface area contributed by atoms with Gasteiger partial charge in [0.2, 0.25) is 5.91 Å². The summed E-state index contributed by atoms with van der Waals surface area (Å²) < 4.78 is 1.08. The number of hydrogen-bond donors (Lipinski definition) is 3. The minimum atomic E-state index is -0.759. The lowest BCUT2D eigenvalue weighted by Crippen LogP contribution is -2.41. The van der Waals surface area contributed by atoms with Crippen LogP contribution in [0.2, 0.25) is 0 Å². The second-order valence-electron chi connectivity index (χ2n) is 4.28. The molecule has 18 heavy (non-hydrogen) atoms. The largest absolute Gasteiger partial charge is 0.409 e. The summed E-state index contributed by atoms with van der Waals surface area (Å²) in [5.74, 6) is -0.132. The van der Waals surface area contributed by atoms with E-state index in [-0.39, 0.29) is 11.7 Å². The van der Waals surface area contributed by atoms with Crippen molar-refractivity contribution < 1.29 is 10.0 Å². The van der Waals surface area contributed by atoms with Gasteiger partial charge in [-0.25, -0.2) is 0 Å². The van der Waals surface area contributed by atoms with Gasteiger partial charge in [0.1, 0.15) is 5.41 Å². The Morgan fingerprint density at radius 2 is 2.33 bits per heavy atom. The second kappa shape index (κ2) is 5.27. The van der Waals surface area contributed by atoms with Gasteiger partial charge in [-0.2, -0.15) is 0 Å². The number of carbonyl (C=O) groups is 1. The summed E-state index contributed by atoms with van der Waals surface area (Å²) in [5.41, 5.74) is 4.78. The van der Waals surface area contributed by atoms with Crippen molar-refractivity contribution in [1.82, 2.24) is 5.32 Å². The standard InChI is InChI=1S/C11H14BrN3O2S/c12-8-2-1-7(18-8)3-6-14-10(16)11(4-5-11)9(13)15-17/h1-2,17H,3-6H2,(H2,13,15)(H,14,16). The Bertz CT molecular complexity index is 482. The molecule has 5 nitrogen and oxygen atoms in total. The zero-order valence-electron chi connectivity index (χ0n) is 9.65. The fourth-order valence-corrected chi connectivity index (χ4v) is 3.26. The Hall–Kier alpha value is -1.08. The normalized spacial score (nSPS) is 17.5. The van der Waals surface area contributed by atoms with Crippen LogP contribution in [0.1, 0.15) is 17.7 Å². The highest BCUT2D eigenvalue weighted by molar-refractivity contribution is 9.11. The quantitative estimate of drug-likeness (QED) is 0.332. The van der Waals surface area contributed by atoms with Gasteiger partial charge >= 0.3 is 0 Å². The molecule has 0 saturated heterocycles. The fourth-order valence-electron chi connectivity index (χ4n) is 1.77. The third kappa shape index (κ3) is 2.67. The molecule has 4 N–H and O–H groups in total. The van der Waals surface area contributed by atoms with Crippen LogP contribution in [0.5, 0.6) is 0 Å². The van der Waals surface area contributed by atoms with Gasteiger partial charge in [0.25, 0.3) is 0 Å². The molecule has 1 amide bonds. The van der Waals surface area contributed by atoms with Gasteiger partial charge in [-0.3, -0.25) is 4.79 Å². The third-order valence-electron chi connectivity index (χ3n) is 3.07. The van der Waals surface area contributed by atoms with E-state index < -0.39 is 5.41 Å². The first kappa shape index (κ1) is 13.4. The van der Waals surface area contributed by atoms with Crippen LogP contribution in [0.25, 0.3) is 0 Å². The number of amidine groups is 1. The summed E-state index contributed by atoms with van der Waals surface area (Å²) in [6, 6.07) is 4.01.